The summed E-state index contributed by atoms with van der Waals surface area (Å²) in [6, 6.07) is 4.39. The van der Waals surface area contributed by atoms with Crippen molar-refractivity contribution in [3.63, 3.8) is 0 Å². The highest BCUT2D eigenvalue weighted by molar-refractivity contribution is 5.96. The van der Waals surface area contributed by atoms with Crippen LogP contribution in [0.2, 0.25) is 0 Å². The molecule has 0 aliphatic carbocycles. The van der Waals surface area contributed by atoms with E-state index in [0.717, 1.165) is 0 Å². The van der Waals surface area contributed by atoms with Crippen molar-refractivity contribution in [2.75, 3.05) is 0 Å². The molecule has 0 atom stereocenters. The molecule has 1 aromatic rings. The Morgan fingerprint density at radius 1 is 1.40 bits per heavy atom. The van der Waals surface area contributed by atoms with Crippen LogP contribution in [0.25, 0.3) is 6.08 Å². The molecular weight excluding hydrogens is 194 g/mol. The van der Waals surface area contributed by atoms with Crippen molar-refractivity contribution >= 4 is 17.8 Å². The first-order valence-corrected chi connectivity index (χ1v) is 4.32. The van der Waals surface area contributed by atoms with Gasteiger partial charge in [0.2, 0.25) is 0 Å². The van der Waals surface area contributed by atoms with Gasteiger partial charge in [-0.25, -0.2) is 0 Å². The highest BCUT2D eigenvalue weighted by atomic mass is 16.3. The van der Waals surface area contributed by atoms with Gasteiger partial charge in [-0.1, -0.05) is 12.1 Å². The number of primary amides is 1. The number of hydrogen-bond donors (Lipinski definition) is 2. The predicted octanol–water partition coefficient (Wildman–Crippen LogP) is 1.09. The van der Waals surface area contributed by atoms with Crippen LogP contribution >= 0.6 is 0 Å². The van der Waals surface area contributed by atoms with Crippen LogP contribution in [0.15, 0.2) is 24.3 Å². The third-order valence-corrected chi connectivity index (χ3v) is 1.80. The minimum absolute atomic E-state index is 0.0648. The van der Waals surface area contributed by atoms with E-state index in [4.69, 9.17) is 5.73 Å². The number of ketones is 1. The molecule has 4 nitrogen and oxygen atoms in total. The average Bonchev–Trinajstić information content (AvgIpc) is 2.14. The van der Waals surface area contributed by atoms with Gasteiger partial charge < -0.3 is 10.8 Å². The largest absolute Gasteiger partial charge is 0.507 e. The SMILES string of the molecule is CC(=O)/C=C/c1ccc(C(N)=O)c(O)c1. The lowest BCUT2D eigenvalue weighted by atomic mass is 10.1. The van der Waals surface area contributed by atoms with Gasteiger partial charge in [0.05, 0.1) is 5.56 Å². The lowest BCUT2D eigenvalue weighted by molar-refractivity contribution is -0.112. The molecule has 0 aromatic heterocycles. The second-order valence-electron chi connectivity index (χ2n) is 3.08. The van der Waals surface area contributed by atoms with Gasteiger partial charge in [0, 0.05) is 0 Å². The first kappa shape index (κ1) is 11.0. The summed E-state index contributed by atoms with van der Waals surface area (Å²) in [6.45, 7) is 1.42. The average molecular weight is 205 g/mol. The molecule has 0 saturated heterocycles. The van der Waals surface area contributed by atoms with Crippen LogP contribution in [0.1, 0.15) is 22.8 Å². The topological polar surface area (TPSA) is 80.4 Å². The van der Waals surface area contributed by atoms with Crippen molar-refractivity contribution < 1.29 is 14.7 Å². The summed E-state index contributed by atoms with van der Waals surface area (Å²) in [7, 11) is 0. The number of rotatable bonds is 3. The number of hydrogen-bond acceptors (Lipinski definition) is 3. The van der Waals surface area contributed by atoms with Crippen LogP contribution in [0.5, 0.6) is 5.75 Å². The third-order valence-electron chi connectivity index (χ3n) is 1.80. The molecule has 15 heavy (non-hydrogen) atoms. The molecule has 0 aliphatic rings. The van der Waals surface area contributed by atoms with Crippen molar-refractivity contribution in [2.24, 2.45) is 5.73 Å². The van der Waals surface area contributed by atoms with Gasteiger partial charge in [0.25, 0.3) is 5.91 Å². The van der Waals surface area contributed by atoms with Gasteiger partial charge in [-0.05, 0) is 30.7 Å². The number of carbonyl (C=O) groups is 2. The van der Waals surface area contributed by atoms with Gasteiger partial charge >= 0.3 is 0 Å². The zero-order chi connectivity index (χ0) is 11.4. The van der Waals surface area contributed by atoms with Crippen LogP contribution in [0, 0.1) is 0 Å². The number of carbonyl (C=O) groups excluding carboxylic acids is 2. The quantitative estimate of drug-likeness (QED) is 0.725. The summed E-state index contributed by atoms with van der Waals surface area (Å²) in [5, 5.41) is 9.41. The molecule has 0 fully saturated rings. The Balaban J connectivity index is 3.01. The molecule has 1 amide bonds. The Bertz CT molecular complexity index is 435. The lowest BCUT2D eigenvalue weighted by Crippen LogP contribution is -2.10. The maximum atomic E-state index is 10.8. The molecule has 0 heterocycles. The first-order chi connectivity index (χ1) is 7.00. The normalized spacial score (nSPS) is 10.5. The van der Waals surface area contributed by atoms with Crippen molar-refractivity contribution in [1.29, 1.82) is 0 Å². The minimum atomic E-state index is -0.686. The van der Waals surface area contributed by atoms with E-state index in [1.165, 1.54) is 25.1 Å². The van der Waals surface area contributed by atoms with Gasteiger partial charge in [-0.2, -0.15) is 0 Å². The molecule has 1 rings (SSSR count). The second kappa shape index (κ2) is 4.41. The highest BCUT2D eigenvalue weighted by Gasteiger charge is 2.06. The summed E-state index contributed by atoms with van der Waals surface area (Å²) in [5.74, 6) is -0.962. The molecule has 0 radical (unpaired) electrons. The molecule has 0 spiro atoms. The second-order valence-corrected chi connectivity index (χ2v) is 3.08. The Morgan fingerprint density at radius 2 is 2.07 bits per heavy atom. The lowest BCUT2D eigenvalue weighted by Gasteiger charge is -2.00. The third kappa shape index (κ3) is 2.95. The summed E-state index contributed by atoms with van der Waals surface area (Å²) in [4.78, 5) is 21.4. The van der Waals surface area contributed by atoms with Crippen LogP contribution in [-0.4, -0.2) is 16.8 Å². The van der Waals surface area contributed by atoms with E-state index in [2.05, 4.69) is 0 Å². The Hall–Kier alpha value is -2.10. The minimum Gasteiger partial charge on any atom is -0.507 e. The standard InChI is InChI=1S/C11H11NO3/c1-7(13)2-3-8-4-5-9(11(12)15)10(14)6-8/h2-6,14H,1H3,(H2,12,15)/b3-2+. The van der Waals surface area contributed by atoms with Crippen molar-refractivity contribution in [3.8, 4) is 5.75 Å². The molecule has 3 N–H and O–H groups in total. The van der Waals surface area contributed by atoms with Crippen LogP contribution in [0.3, 0.4) is 0 Å². The number of benzene rings is 1. The Kier molecular flexibility index (Phi) is 3.23. The summed E-state index contributed by atoms with van der Waals surface area (Å²) in [5.41, 5.74) is 5.71. The van der Waals surface area contributed by atoms with Crippen molar-refractivity contribution in [2.45, 2.75) is 6.92 Å². The van der Waals surface area contributed by atoms with Gasteiger partial charge in [0.15, 0.2) is 5.78 Å². The zero-order valence-corrected chi connectivity index (χ0v) is 8.23. The van der Waals surface area contributed by atoms with E-state index >= 15 is 0 Å². The van der Waals surface area contributed by atoms with Gasteiger partial charge in [-0.3, -0.25) is 9.59 Å². The first-order valence-electron chi connectivity index (χ1n) is 4.32. The fourth-order valence-electron chi connectivity index (χ4n) is 1.07. The monoisotopic (exact) mass is 205 g/mol. The summed E-state index contributed by atoms with van der Waals surface area (Å²) in [6.07, 6.45) is 2.92. The Labute approximate surface area is 87.0 Å². The van der Waals surface area contributed by atoms with Crippen molar-refractivity contribution in [3.05, 3.63) is 35.4 Å². The molecule has 78 valence electrons. The number of phenols is 1. The highest BCUT2D eigenvalue weighted by Crippen LogP contribution is 2.18. The number of nitrogens with two attached hydrogens (primary N) is 1. The van der Waals surface area contributed by atoms with E-state index in [1.807, 2.05) is 0 Å². The number of aromatic hydroxyl groups is 1. The van der Waals surface area contributed by atoms with Crippen LogP contribution in [0.4, 0.5) is 0 Å². The van der Waals surface area contributed by atoms with E-state index < -0.39 is 5.91 Å². The molecule has 1 aromatic carbocycles. The maximum Gasteiger partial charge on any atom is 0.252 e. The molecule has 0 unspecified atom stereocenters. The molecule has 0 aliphatic heterocycles. The zero-order valence-electron chi connectivity index (χ0n) is 8.23. The van der Waals surface area contributed by atoms with E-state index in [1.54, 1.807) is 12.1 Å². The fraction of sp³-hybridized carbons (Fsp3) is 0.0909. The summed E-state index contributed by atoms with van der Waals surface area (Å²) < 4.78 is 0. The van der Waals surface area contributed by atoms with E-state index in [0.29, 0.717) is 5.56 Å². The van der Waals surface area contributed by atoms with E-state index in [9.17, 15) is 14.7 Å². The smallest absolute Gasteiger partial charge is 0.252 e. The van der Waals surface area contributed by atoms with Crippen molar-refractivity contribution in [1.82, 2.24) is 0 Å². The molecule has 0 saturated carbocycles. The van der Waals surface area contributed by atoms with Gasteiger partial charge in [0.1, 0.15) is 5.75 Å². The Morgan fingerprint density at radius 3 is 2.53 bits per heavy atom. The van der Waals surface area contributed by atoms with Crippen LogP contribution < -0.4 is 5.73 Å². The summed E-state index contributed by atoms with van der Waals surface area (Å²) >= 11 is 0. The predicted molar refractivity (Wildman–Crippen MR) is 56.3 cm³/mol. The fourth-order valence-corrected chi connectivity index (χ4v) is 1.07. The number of amides is 1. The number of allylic oxidation sites excluding steroid dienone is 1. The van der Waals surface area contributed by atoms with E-state index in [-0.39, 0.29) is 17.1 Å². The molecule has 4 heteroatoms. The maximum absolute atomic E-state index is 10.8. The van der Waals surface area contributed by atoms with Crippen LogP contribution in [-0.2, 0) is 4.79 Å². The molecule has 0 bridgehead atoms. The van der Waals surface area contributed by atoms with Gasteiger partial charge in [-0.15, -0.1) is 0 Å². The molecular formula is C11H11NO3.